The number of aliphatic carboxylic acids is 1. The van der Waals surface area contributed by atoms with E-state index < -0.39 is 17.9 Å². The quantitative estimate of drug-likeness (QED) is 0.410. The van der Waals surface area contributed by atoms with Crippen LogP contribution in [0.2, 0.25) is 10.0 Å². The molecule has 1 saturated heterocycles. The van der Waals surface area contributed by atoms with Gasteiger partial charge in [0.25, 0.3) is 5.91 Å². The molecule has 0 aliphatic carbocycles. The molecule has 35 heavy (non-hydrogen) atoms. The van der Waals surface area contributed by atoms with Crippen LogP contribution in [-0.4, -0.2) is 36.1 Å². The summed E-state index contributed by atoms with van der Waals surface area (Å²) >= 11 is 12.2. The second-order valence-electron chi connectivity index (χ2n) is 9.25. The van der Waals surface area contributed by atoms with E-state index in [4.69, 9.17) is 23.2 Å². The summed E-state index contributed by atoms with van der Waals surface area (Å²) in [5.41, 5.74) is 3.46. The summed E-state index contributed by atoms with van der Waals surface area (Å²) in [6.07, 6.45) is 2.23. The number of hydrogen-bond donors (Lipinski definition) is 2. The number of amides is 1. The van der Waals surface area contributed by atoms with Crippen LogP contribution < -0.4 is 10.2 Å². The minimum atomic E-state index is -1.12. The lowest BCUT2D eigenvalue weighted by atomic mass is 9.74. The smallest absolute Gasteiger partial charge is 0.326 e. The number of anilines is 1. The van der Waals surface area contributed by atoms with Gasteiger partial charge in [0.15, 0.2) is 0 Å². The summed E-state index contributed by atoms with van der Waals surface area (Å²) in [5, 5.41) is 12.6. The van der Waals surface area contributed by atoms with Crippen molar-refractivity contribution in [2.45, 2.75) is 37.6 Å². The lowest BCUT2D eigenvalue weighted by Gasteiger charge is -2.41. The number of hydrogen-bond acceptors (Lipinski definition) is 3. The number of nitrogens with zero attached hydrogens (tertiary/aromatic N) is 1. The molecule has 0 aromatic heterocycles. The average Bonchev–Trinajstić information content (AvgIpc) is 2.85. The Morgan fingerprint density at radius 2 is 1.54 bits per heavy atom. The Morgan fingerprint density at radius 1 is 0.943 bits per heavy atom. The minimum absolute atomic E-state index is 0.0605. The summed E-state index contributed by atoms with van der Waals surface area (Å²) in [6.45, 7) is 4.26. The predicted octanol–water partition coefficient (Wildman–Crippen LogP) is 5.98. The number of halogens is 2. The zero-order valence-electron chi connectivity index (χ0n) is 19.5. The zero-order chi connectivity index (χ0) is 25.0. The third-order valence-electron chi connectivity index (χ3n) is 6.87. The number of carboxylic acid groups (broad SMARTS) is 1. The molecule has 4 rings (SSSR count). The van der Waals surface area contributed by atoms with E-state index in [-0.39, 0.29) is 27.4 Å². The van der Waals surface area contributed by atoms with Crippen molar-refractivity contribution >= 4 is 40.8 Å². The van der Waals surface area contributed by atoms with Gasteiger partial charge < -0.3 is 15.3 Å². The van der Waals surface area contributed by atoms with Crippen LogP contribution in [0.3, 0.4) is 0 Å². The first-order chi connectivity index (χ1) is 16.8. The molecule has 1 aliphatic rings. The number of benzene rings is 3. The number of carbonyl (C=O) groups is 2. The normalized spacial score (nSPS) is 15.9. The van der Waals surface area contributed by atoms with Gasteiger partial charge in [-0.3, -0.25) is 4.79 Å². The highest BCUT2D eigenvalue weighted by molar-refractivity contribution is 6.39. The Balaban J connectivity index is 1.41. The molecule has 3 aromatic rings. The Bertz CT molecular complexity index is 1170. The summed E-state index contributed by atoms with van der Waals surface area (Å²) < 4.78 is 0. The fourth-order valence-corrected chi connectivity index (χ4v) is 5.18. The molecule has 5 nitrogen and oxygen atoms in total. The molecular weight excluding hydrogens is 483 g/mol. The summed E-state index contributed by atoms with van der Waals surface area (Å²) in [4.78, 5) is 27.0. The molecule has 1 fully saturated rings. The van der Waals surface area contributed by atoms with Gasteiger partial charge in [-0.15, -0.1) is 0 Å². The van der Waals surface area contributed by atoms with Crippen LogP contribution in [0, 0.1) is 0 Å². The van der Waals surface area contributed by atoms with E-state index in [9.17, 15) is 14.7 Å². The van der Waals surface area contributed by atoms with Crippen LogP contribution in [0.1, 0.15) is 41.3 Å². The molecule has 0 unspecified atom stereocenters. The highest BCUT2D eigenvalue weighted by Crippen LogP contribution is 2.36. The van der Waals surface area contributed by atoms with E-state index >= 15 is 0 Å². The molecule has 7 heteroatoms. The summed E-state index contributed by atoms with van der Waals surface area (Å²) in [5.74, 6) is -1.73. The Hall–Kier alpha value is -3.02. The van der Waals surface area contributed by atoms with Crippen LogP contribution >= 0.6 is 23.2 Å². The molecule has 2 N–H and O–H groups in total. The maximum atomic E-state index is 12.7. The third-order valence-corrected chi connectivity index (χ3v) is 7.50. The van der Waals surface area contributed by atoms with Crippen LogP contribution in [-0.2, 0) is 16.6 Å². The van der Waals surface area contributed by atoms with Gasteiger partial charge >= 0.3 is 5.97 Å². The van der Waals surface area contributed by atoms with E-state index in [1.165, 1.54) is 11.3 Å². The highest BCUT2D eigenvalue weighted by atomic mass is 35.5. The topological polar surface area (TPSA) is 69.6 Å². The Kier molecular flexibility index (Phi) is 7.68. The SMILES string of the molecule is CC1(c2ccc(C[C@H](NC(=O)c3c(Cl)cccc3Cl)C(=O)O)cc2)CCN(c2ccccc2)CC1. The highest BCUT2D eigenvalue weighted by Gasteiger charge is 2.32. The minimum Gasteiger partial charge on any atom is -0.480 e. The van der Waals surface area contributed by atoms with Gasteiger partial charge in [0, 0.05) is 25.2 Å². The van der Waals surface area contributed by atoms with Crippen molar-refractivity contribution in [3.63, 3.8) is 0 Å². The van der Waals surface area contributed by atoms with E-state index in [1.807, 2.05) is 18.2 Å². The zero-order valence-corrected chi connectivity index (χ0v) is 21.0. The molecular formula is C28H28Cl2N2O3. The van der Waals surface area contributed by atoms with Crippen molar-refractivity contribution in [3.8, 4) is 0 Å². The Morgan fingerprint density at radius 3 is 2.11 bits per heavy atom. The van der Waals surface area contributed by atoms with Crippen molar-refractivity contribution in [1.82, 2.24) is 5.32 Å². The van der Waals surface area contributed by atoms with E-state index in [1.54, 1.807) is 18.2 Å². The molecule has 182 valence electrons. The number of carbonyl (C=O) groups excluding carboxylic acids is 1. The summed E-state index contributed by atoms with van der Waals surface area (Å²) in [6, 6.07) is 22.1. The predicted molar refractivity (Wildman–Crippen MR) is 141 cm³/mol. The van der Waals surface area contributed by atoms with E-state index in [0.29, 0.717) is 0 Å². The first kappa shape index (κ1) is 25.1. The van der Waals surface area contributed by atoms with Crippen LogP contribution in [0.4, 0.5) is 5.69 Å². The van der Waals surface area contributed by atoms with E-state index in [0.717, 1.165) is 31.5 Å². The molecule has 0 bridgehead atoms. The number of nitrogens with one attached hydrogen (secondary N) is 1. The van der Waals surface area contributed by atoms with Gasteiger partial charge in [0.1, 0.15) is 6.04 Å². The molecule has 3 aromatic carbocycles. The lowest BCUT2D eigenvalue weighted by molar-refractivity contribution is -0.139. The second kappa shape index (κ2) is 10.7. The first-order valence-electron chi connectivity index (χ1n) is 11.6. The maximum absolute atomic E-state index is 12.7. The third kappa shape index (κ3) is 5.80. The van der Waals surface area contributed by atoms with Crippen molar-refractivity contribution in [2.75, 3.05) is 18.0 Å². The Labute approximate surface area is 215 Å². The maximum Gasteiger partial charge on any atom is 0.326 e. The number of para-hydroxylation sites is 1. The molecule has 1 heterocycles. The number of rotatable bonds is 7. The average molecular weight is 511 g/mol. The van der Waals surface area contributed by atoms with Gasteiger partial charge in [-0.25, -0.2) is 4.79 Å². The molecule has 1 aliphatic heterocycles. The van der Waals surface area contributed by atoms with Crippen LogP contribution in [0.5, 0.6) is 0 Å². The lowest BCUT2D eigenvalue weighted by Crippen LogP contribution is -2.42. The number of carboxylic acids is 1. The fourth-order valence-electron chi connectivity index (χ4n) is 4.61. The van der Waals surface area contributed by atoms with Gasteiger partial charge in [-0.1, -0.05) is 78.7 Å². The van der Waals surface area contributed by atoms with Gasteiger partial charge in [0.2, 0.25) is 0 Å². The fraction of sp³-hybridized carbons (Fsp3) is 0.286. The molecule has 0 radical (unpaired) electrons. The number of piperidine rings is 1. The van der Waals surface area contributed by atoms with Gasteiger partial charge in [0.05, 0.1) is 15.6 Å². The van der Waals surface area contributed by atoms with Crippen molar-refractivity contribution in [3.05, 3.63) is 99.5 Å². The van der Waals surface area contributed by atoms with E-state index in [2.05, 4.69) is 53.5 Å². The first-order valence-corrected chi connectivity index (χ1v) is 12.4. The largest absolute Gasteiger partial charge is 0.480 e. The molecule has 1 amide bonds. The molecule has 1 atom stereocenters. The molecule has 0 saturated carbocycles. The van der Waals surface area contributed by atoms with Crippen LogP contribution in [0.25, 0.3) is 0 Å². The van der Waals surface area contributed by atoms with Crippen molar-refractivity contribution < 1.29 is 14.7 Å². The summed E-state index contributed by atoms with van der Waals surface area (Å²) in [7, 11) is 0. The van der Waals surface area contributed by atoms with Gasteiger partial charge in [-0.05, 0) is 53.6 Å². The van der Waals surface area contributed by atoms with Crippen molar-refractivity contribution in [2.24, 2.45) is 0 Å². The monoisotopic (exact) mass is 510 g/mol. The van der Waals surface area contributed by atoms with Crippen molar-refractivity contribution in [1.29, 1.82) is 0 Å². The van der Waals surface area contributed by atoms with Crippen LogP contribution in [0.15, 0.2) is 72.8 Å². The van der Waals surface area contributed by atoms with Gasteiger partial charge in [-0.2, -0.15) is 0 Å². The molecule has 0 spiro atoms. The standard InChI is InChI=1S/C28H28Cl2N2O3/c1-28(14-16-32(17-15-28)21-6-3-2-4-7-21)20-12-10-19(11-13-20)18-24(27(34)35)31-26(33)25-22(29)8-5-9-23(25)30/h2-13,24H,14-18H2,1H3,(H,31,33)(H,34,35)/t24-/m0/s1. The second-order valence-corrected chi connectivity index (χ2v) is 10.1.